The van der Waals surface area contributed by atoms with E-state index in [0.717, 1.165) is 12.8 Å². The molecule has 3 aliphatic rings. The number of hydrogen-bond acceptors (Lipinski definition) is 4. The Bertz CT molecular complexity index is 1130. The van der Waals surface area contributed by atoms with Gasteiger partial charge in [0, 0.05) is 42.0 Å². The Kier molecular flexibility index (Phi) is 5.59. The van der Waals surface area contributed by atoms with E-state index in [1.165, 1.54) is 16.4 Å². The van der Waals surface area contributed by atoms with Crippen LogP contribution in [0.2, 0.25) is 0 Å². The van der Waals surface area contributed by atoms with Crippen molar-refractivity contribution in [2.45, 2.75) is 67.6 Å². The van der Waals surface area contributed by atoms with Crippen LogP contribution < -0.4 is 5.32 Å². The van der Waals surface area contributed by atoms with E-state index in [0.29, 0.717) is 37.6 Å². The molecule has 0 aliphatic carbocycles. The molecule has 2 bridgehead atoms. The van der Waals surface area contributed by atoms with Gasteiger partial charge in [-0.2, -0.15) is 4.31 Å². The molecule has 0 spiro atoms. The van der Waals surface area contributed by atoms with Crippen molar-refractivity contribution < 1.29 is 22.7 Å². The summed E-state index contributed by atoms with van der Waals surface area (Å²) in [4.78, 5) is 14.9. The van der Waals surface area contributed by atoms with Crippen LogP contribution in [0.1, 0.15) is 38.5 Å². The fourth-order valence-electron chi connectivity index (χ4n) is 5.61. The highest BCUT2D eigenvalue weighted by molar-refractivity contribution is 7.89. The summed E-state index contributed by atoms with van der Waals surface area (Å²) in [6, 6.07) is 8.75. The summed E-state index contributed by atoms with van der Waals surface area (Å²) in [5, 5.41) is 13.7. The molecule has 3 saturated heterocycles. The van der Waals surface area contributed by atoms with Gasteiger partial charge < -0.3 is 15.3 Å². The first-order valence-electron chi connectivity index (χ1n) is 11.3. The number of rotatable bonds is 3. The van der Waals surface area contributed by atoms with Gasteiger partial charge in [0.2, 0.25) is 10.0 Å². The lowest BCUT2D eigenvalue weighted by Gasteiger charge is -2.39. The van der Waals surface area contributed by atoms with E-state index in [4.69, 9.17) is 0 Å². The summed E-state index contributed by atoms with van der Waals surface area (Å²) in [5.74, 6) is -0.454. The highest BCUT2D eigenvalue weighted by atomic mass is 32.2. The molecule has 3 atom stereocenters. The number of benzene rings is 2. The third kappa shape index (κ3) is 3.76. The number of halogens is 1. The normalized spacial score (nSPS) is 28.8. The fraction of sp³-hybridized carbons (Fsp3) is 0.522. The first kappa shape index (κ1) is 21.6. The molecular formula is C23H28FN3O4S. The van der Waals surface area contributed by atoms with Gasteiger partial charge in [-0.05, 0) is 50.7 Å². The summed E-state index contributed by atoms with van der Waals surface area (Å²) in [6.07, 6.45) is 4.00. The van der Waals surface area contributed by atoms with E-state index in [-0.39, 0.29) is 47.1 Å². The number of nitrogens with zero attached hydrogens (tertiary/aromatic N) is 2. The molecule has 0 radical (unpaired) electrons. The summed E-state index contributed by atoms with van der Waals surface area (Å²) in [7, 11) is -3.85. The van der Waals surface area contributed by atoms with Crippen LogP contribution in [-0.4, -0.2) is 66.1 Å². The number of aliphatic hydroxyl groups excluding tert-OH is 1. The van der Waals surface area contributed by atoms with Crippen molar-refractivity contribution in [3.63, 3.8) is 0 Å². The molecule has 2 aromatic rings. The maximum Gasteiger partial charge on any atom is 0.318 e. The van der Waals surface area contributed by atoms with Crippen molar-refractivity contribution in [1.29, 1.82) is 0 Å². The fourth-order valence-corrected chi connectivity index (χ4v) is 7.33. The van der Waals surface area contributed by atoms with Crippen molar-refractivity contribution in [3.8, 4) is 0 Å². The quantitative estimate of drug-likeness (QED) is 0.736. The lowest BCUT2D eigenvalue weighted by Crippen LogP contribution is -2.57. The number of carbonyl (C=O) groups is 1. The third-order valence-electron chi connectivity index (χ3n) is 7.10. The molecule has 2 aromatic carbocycles. The van der Waals surface area contributed by atoms with Gasteiger partial charge in [0.1, 0.15) is 5.82 Å². The molecule has 2 unspecified atom stereocenters. The highest BCUT2D eigenvalue weighted by Gasteiger charge is 2.43. The molecule has 0 saturated carbocycles. The maximum atomic E-state index is 14.2. The Labute approximate surface area is 187 Å². The number of nitrogens with one attached hydrogen (secondary N) is 1. The lowest BCUT2D eigenvalue weighted by molar-refractivity contribution is 0.0528. The smallest absolute Gasteiger partial charge is 0.318 e. The molecule has 2 N–H and O–H groups in total. The van der Waals surface area contributed by atoms with Crippen LogP contribution in [0.25, 0.3) is 10.8 Å². The van der Waals surface area contributed by atoms with Gasteiger partial charge in [-0.3, -0.25) is 0 Å². The summed E-state index contributed by atoms with van der Waals surface area (Å²) >= 11 is 0. The van der Waals surface area contributed by atoms with Crippen molar-refractivity contribution >= 4 is 26.8 Å². The molecule has 7 nitrogen and oxygen atoms in total. The molecule has 5 rings (SSSR count). The molecule has 3 fully saturated rings. The minimum atomic E-state index is -3.85. The van der Waals surface area contributed by atoms with Gasteiger partial charge in [-0.1, -0.05) is 24.3 Å². The second-order valence-electron chi connectivity index (χ2n) is 9.16. The van der Waals surface area contributed by atoms with Crippen LogP contribution in [0.4, 0.5) is 9.18 Å². The van der Waals surface area contributed by atoms with E-state index < -0.39 is 15.8 Å². The molecular weight excluding hydrogens is 433 g/mol. The van der Waals surface area contributed by atoms with Crippen LogP contribution in [0, 0.1) is 5.82 Å². The highest BCUT2D eigenvalue weighted by Crippen LogP contribution is 2.36. The number of sulfonamides is 1. The largest absolute Gasteiger partial charge is 0.393 e. The summed E-state index contributed by atoms with van der Waals surface area (Å²) < 4.78 is 42.5. The van der Waals surface area contributed by atoms with Gasteiger partial charge in [0.05, 0.1) is 11.0 Å². The molecule has 3 heterocycles. The monoisotopic (exact) mass is 461 g/mol. The zero-order valence-electron chi connectivity index (χ0n) is 17.8. The van der Waals surface area contributed by atoms with Crippen LogP contribution >= 0.6 is 0 Å². The van der Waals surface area contributed by atoms with Crippen molar-refractivity contribution in [1.82, 2.24) is 14.5 Å². The predicted molar refractivity (Wildman–Crippen MR) is 118 cm³/mol. The Hall–Kier alpha value is -2.23. The van der Waals surface area contributed by atoms with E-state index in [9.17, 15) is 22.7 Å². The Morgan fingerprint density at radius 2 is 1.72 bits per heavy atom. The summed E-state index contributed by atoms with van der Waals surface area (Å²) in [5.41, 5.74) is 0. The van der Waals surface area contributed by atoms with Crippen molar-refractivity contribution in [3.05, 3.63) is 42.2 Å². The molecule has 0 aromatic heterocycles. The molecule has 3 aliphatic heterocycles. The second-order valence-corrected chi connectivity index (χ2v) is 11.1. The number of aliphatic hydroxyl groups is 1. The number of amides is 2. The Balaban J connectivity index is 1.33. The Morgan fingerprint density at radius 1 is 1.03 bits per heavy atom. The van der Waals surface area contributed by atoms with E-state index in [1.54, 1.807) is 24.3 Å². The predicted octanol–water partition coefficient (Wildman–Crippen LogP) is 2.83. The number of fused-ring (bicyclic) bond motifs is 3. The topological polar surface area (TPSA) is 90.0 Å². The van der Waals surface area contributed by atoms with Gasteiger partial charge >= 0.3 is 6.03 Å². The van der Waals surface area contributed by atoms with Crippen molar-refractivity contribution in [2.24, 2.45) is 0 Å². The minimum absolute atomic E-state index is 0.0535. The molecule has 9 heteroatoms. The molecule has 2 amide bonds. The first-order valence-corrected chi connectivity index (χ1v) is 12.7. The van der Waals surface area contributed by atoms with Gasteiger partial charge in [-0.25, -0.2) is 17.6 Å². The average Bonchev–Trinajstić information content (AvgIpc) is 3.05. The molecule has 32 heavy (non-hydrogen) atoms. The van der Waals surface area contributed by atoms with Crippen LogP contribution in [0.15, 0.2) is 41.3 Å². The average molecular weight is 462 g/mol. The molecule has 172 valence electrons. The van der Waals surface area contributed by atoms with E-state index in [1.807, 2.05) is 4.90 Å². The van der Waals surface area contributed by atoms with E-state index in [2.05, 4.69) is 5.32 Å². The summed E-state index contributed by atoms with van der Waals surface area (Å²) in [6.45, 7) is 0.549. The SMILES string of the molecule is O=C(N[C@H]1CCCN(S(=O)(=O)c2ccc(F)c3ccccc23)C1)N1C2CCC1CC(O)C2. The van der Waals surface area contributed by atoms with Crippen LogP contribution in [0.3, 0.4) is 0 Å². The second kappa shape index (κ2) is 8.28. The van der Waals surface area contributed by atoms with Crippen molar-refractivity contribution in [2.75, 3.05) is 13.1 Å². The zero-order chi connectivity index (χ0) is 22.5. The number of urea groups is 1. The first-order chi connectivity index (χ1) is 15.3. The van der Waals surface area contributed by atoms with Gasteiger partial charge in [0.25, 0.3) is 0 Å². The van der Waals surface area contributed by atoms with Gasteiger partial charge in [-0.15, -0.1) is 0 Å². The maximum absolute atomic E-state index is 14.2. The lowest BCUT2D eigenvalue weighted by atomic mass is 10.0. The van der Waals surface area contributed by atoms with Crippen LogP contribution in [0.5, 0.6) is 0 Å². The van der Waals surface area contributed by atoms with Crippen LogP contribution in [-0.2, 0) is 10.0 Å². The Morgan fingerprint density at radius 3 is 2.44 bits per heavy atom. The van der Waals surface area contributed by atoms with Gasteiger partial charge in [0.15, 0.2) is 0 Å². The number of hydrogen-bond donors (Lipinski definition) is 2. The third-order valence-corrected chi connectivity index (χ3v) is 9.03. The standard InChI is InChI=1S/C23H28FN3O4S/c24-21-9-10-22(20-6-2-1-5-19(20)21)32(30,31)26-11-3-4-15(14-26)25-23(29)27-16-7-8-17(27)13-18(28)12-16/h1-2,5-6,9-10,15-18,28H,3-4,7-8,11-14H2,(H,25,29)/t15-,16?,17?,18?/m0/s1. The number of carbonyl (C=O) groups excluding carboxylic acids is 1. The number of piperidine rings is 2. The van der Waals surface area contributed by atoms with E-state index >= 15 is 0 Å². The zero-order valence-corrected chi connectivity index (χ0v) is 18.6. The minimum Gasteiger partial charge on any atom is -0.393 e.